The highest BCUT2D eigenvalue weighted by Crippen LogP contribution is 2.28. The van der Waals surface area contributed by atoms with Gasteiger partial charge in [-0.25, -0.2) is 4.68 Å². The summed E-state index contributed by atoms with van der Waals surface area (Å²) in [6.45, 7) is 1.93. The average Bonchev–Trinajstić information content (AvgIpc) is 2.68. The van der Waals surface area contributed by atoms with Crippen molar-refractivity contribution in [1.82, 2.24) is 15.0 Å². The molecule has 0 N–H and O–H groups in total. The molecule has 0 aliphatic heterocycles. The van der Waals surface area contributed by atoms with Gasteiger partial charge >= 0.3 is 0 Å². The van der Waals surface area contributed by atoms with Gasteiger partial charge in [-0.3, -0.25) is 0 Å². The third-order valence-electron chi connectivity index (χ3n) is 2.88. The first-order chi connectivity index (χ1) is 6.77. The Morgan fingerprint density at radius 1 is 1.43 bits per heavy atom. The minimum absolute atomic E-state index is 0.0349. The van der Waals surface area contributed by atoms with Gasteiger partial charge in [0.15, 0.2) is 0 Å². The lowest BCUT2D eigenvalue weighted by Gasteiger charge is -2.20. The van der Waals surface area contributed by atoms with Gasteiger partial charge in [0.05, 0.1) is 17.6 Å². The second-order valence-corrected chi connectivity index (χ2v) is 4.69. The van der Waals surface area contributed by atoms with Crippen LogP contribution >= 0.6 is 11.6 Å². The predicted molar refractivity (Wildman–Crippen MR) is 56.4 cm³/mol. The molecule has 0 bridgehead atoms. The molecule has 14 heavy (non-hydrogen) atoms. The Hall–Kier alpha value is -0.570. The highest BCUT2D eigenvalue weighted by Gasteiger charge is 2.17. The van der Waals surface area contributed by atoms with Crippen molar-refractivity contribution in [3.05, 3.63) is 11.9 Å². The van der Waals surface area contributed by atoms with Gasteiger partial charge in [0.2, 0.25) is 0 Å². The zero-order chi connectivity index (χ0) is 9.97. The van der Waals surface area contributed by atoms with E-state index in [1.54, 1.807) is 0 Å². The van der Waals surface area contributed by atoms with E-state index in [4.69, 9.17) is 11.6 Å². The van der Waals surface area contributed by atoms with E-state index < -0.39 is 0 Å². The van der Waals surface area contributed by atoms with E-state index >= 15 is 0 Å². The van der Waals surface area contributed by atoms with E-state index in [0.717, 1.165) is 5.69 Å². The molecule has 0 radical (unpaired) electrons. The summed E-state index contributed by atoms with van der Waals surface area (Å²) in [6.07, 6.45) is 8.46. The van der Waals surface area contributed by atoms with Crippen molar-refractivity contribution in [2.45, 2.75) is 50.4 Å². The van der Waals surface area contributed by atoms with Crippen LogP contribution < -0.4 is 0 Å². The highest BCUT2D eigenvalue weighted by molar-refractivity contribution is 6.20. The van der Waals surface area contributed by atoms with Gasteiger partial charge in [-0.2, -0.15) is 0 Å². The molecule has 1 unspecified atom stereocenters. The fourth-order valence-corrected chi connectivity index (χ4v) is 2.10. The molecule has 1 aromatic rings. The van der Waals surface area contributed by atoms with Crippen LogP contribution in [0.4, 0.5) is 0 Å². The van der Waals surface area contributed by atoms with Crippen molar-refractivity contribution in [1.29, 1.82) is 0 Å². The molecule has 2 rings (SSSR count). The molecule has 1 aromatic heterocycles. The van der Waals surface area contributed by atoms with E-state index in [1.165, 1.54) is 32.1 Å². The summed E-state index contributed by atoms with van der Waals surface area (Å²) in [6, 6.07) is 0.556. The van der Waals surface area contributed by atoms with Crippen molar-refractivity contribution in [2.24, 2.45) is 0 Å². The van der Waals surface area contributed by atoms with Crippen molar-refractivity contribution in [2.75, 3.05) is 0 Å². The van der Waals surface area contributed by atoms with Crippen molar-refractivity contribution in [3.63, 3.8) is 0 Å². The first-order valence-electron chi connectivity index (χ1n) is 5.33. The van der Waals surface area contributed by atoms with E-state index in [1.807, 2.05) is 17.8 Å². The molecule has 78 valence electrons. The molecule has 1 heterocycles. The summed E-state index contributed by atoms with van der Waals surface area (Å²) in [5.74, 6) is 0. The number of rotatable bonds is 2. The molecule has 0 saturated heterocycles. The maximum absolute atomic E-state index is 5.94. The Morgan fingerprint density at radius 2 is 2.14 bits per heavy atom. The van der Waals surface area contributed by atoms with Crippen LogP contribution in [0.2, 0.25) is 0 Å². The molecule has 4 heteroatoms. The fraction of sp³-hybridized carbons (Fsp3) is 0.800. The lowest BCUT2D eigenvalue weighted by atomic mass is 9.96. The zero-order valence-electron chi connectivity index (χ0n) is 8.49. The molecule has 1 fully saturated rings. The van der Waals surface area contributed by atoms with Crippen molar-refractivity contribution >= 4 is 11.6 Å². The molecule has 0 spiro atoms. The molecule has 1 atom stereocenters. The van der Waals surface area contributed by atoms with Gasteiger partial charge in [0, 0.05) is 0 Å². The van der Waals surface area contributed by atoms with Crippen LogP contribution in [0.15, 0.2) is 6.20 Å². The van der Waals surface area contributed by atoms with Gasteiger partial charge in [-0.1, -0.05) is 24.5 Å². The molecule has 0 amide bonds. The van der Waals surface area contributed by atoms with Crippen LogP contribution in [0.5, 0.6) is 0 Å². The number of hydrogen-bond acceptors (Lipinski definition) is 2. The summed E-state index contributed by atoms with van der Waals surface area (Å²) < 4.78 is 1.99. The maximum atomic E-state index is 5.94. The van der Waals surface area contributed by atoms with Crippen LogP contribution in [0.1, 0.15) is 56.1 Å². The standard InChI is InChI=1S/C10H16ClN3/c1-8(11)10-7-14(13-12-10)9-5-3-2-4-6-9/h7-9H,2-6H2,1H3. The highest BCUT2D eigenvalue weighted by atomic mass is 35.5. The summed E-state index contributed by atoms with van der Waals surface area (Å²) >= 11 is 5.94. The normalized spacial score (nSPS) is 21.0. The Labute approximate surface area is 89.4 Å². The Balaban J connectivity index is 2.07. The SMILES string of the molecule is CC(Cl)c1cn(C2CCCCC2)nn1. The first kappa shape index (κ1) is 9.97. The Morgan fingerprint density at radius 3 is 2.71 bits per heavy atom. The zero-order valence-corrected chi connectivity index (χ0v) is 9.24. The molecule has 1 aliphatic carbocycles. The molecule has 1 aliphatic rings. The third-order valence-corrected chi connectivity index (χ3v) is 3.11. The summed E-state index contributed by atoms with van der Waals surface area (Å²) in [5, 5.41) is 8.18. The van der Waals surface area contributed by atoms with Crippen LogP contribution in [0.3, 0.4) is 0 Å². The summed E-state index contributed by atoms with van der Waals surface area (Å²) in [4.78, 5) is 0. The van der Waals surface area contributed by atoms with Crippen LogP contribution in [-0.2, 0) is 0 Å². The van der Waals surface area contributed by atoms with Gasteiger partial charge < -0.3 is 0 Å². The number of hydrogen-bond donors (Lipinski definition) is 0. The van der Waals surface area contributed by atoms with Crippen LogP contribution in [-0.4, -0.2) is 15.0 Å². The van der Waals surface area contributed by atoms with Crippen molar-refractivity contribution in [3.8, 4) is 0 Å². The lowest BCUT2D eigenvalue weighted by molar-refractivity contribution is 0.324. The van der Waals surface area contributed by atoms with Crippen LogP contribution in [0, 0.1) is 0 Å². The second-order valence-electron chi connectivity index (χ2n) is 4.03. The van der Waals surface area contributed by atoms with Crippen molar-refractivity contribution < 1.29 is 0 Å². The number of alkyl halides is 1. The third kappa shape index (κ3) is 2.08. The number of aromatic nitrogens is 3. The molecular formula is C10H16ClN3. The van der Waals surface area contributed by atoms with Gasteiger partial charge in [-0.05, 0) is 19.8 Å². The average molecular weight is 214 g/mol. The van der Waals surface area contributed by atoms with Gasteiger partial charge in [0.25, 0.3) is 0 Å². The maximum Gasteiger partial charge on any atom is 0.100 e. The van der Waals surface area contributed by atoms with Gasteiger partial charge in [-0.15, -0.1) is 16.7 Å². The topological polar surface area (TPSA) is 30.7 Å². The predicted octanol–water partition coefficient (Wildman–Crippen LogP) is 3.08. The van der Waals surface area contributed by atoms with E-state index in [9.17, 15) is 0 Å². The van der Waals surface area contributed by atoms with E-state index in [0.29, 0.717) is 6.04 Å². The van der Waals surface area contributed by atoms with Gasteiger partial charge in [0.1, 0.15) is 5.69 Å². The fourth-order valence-electron chi connectivity index (χ4n) is 2.00. The van der Waals surface area contributed by atoms with Crippen LogP contribution in [0.25, 0.3) is 0 Å². The Bertz CT molecular complexity index is 289. The lowest BCUT2D eigenvalue weighted by Crippen LogP contribution is -2.13. The Kier molecular flexibility index (Phi) is 3.06. The van der Waals surface area contributed by atoms with E-state index in [2.05, 4.69) is 10.3 Å². The largest absolute Gasteiger partial charge is 0.249 e. The quantitative estimate of drug-likeness (QED) is 0.707. The smallest absolute Gasteiger partial charge is 0.100 e. The molecule has 0 aromatic carbocycles. The van der Waals surface area contributed by atoms with E-state index in [-0.39, 0.29) is 5.38 Å². The number of halogens is 1. The number of nitrogens with zero attached hydrogens (tertiary/aromatic N) is 3. The second kappa shape index (κ2) is 4.30. The summed E-state index contributed by atoms with van der Waals surface area (Å²) in [5.41, 5.74) is 0.886. The minimum atomic E-state index is -0.0349. The molecule has 3 nitrogen and oxygen atoms in total. The molecular weight excluding hydrogens is 198 g/mol. The summed E-state index contributed by atoms with van der Waals surface area (Å²) in [7, 11) is 0. The molecule has 1 saturated carbocycles. The monoisotopic (exact) mass is 213 g/mol. The minimum Gasteiger partial charge on any atom is -0.249 e. The first-order valence-corrected chi connectivity index (χ1v) is 5.77.